The number of hydrogen-bond donors (Lipinski definition) is 0. The van der Waals surface area contributed by atoms with Crippen molar-refractivity contribution < 1.29 is 4.79 Å². The van der Waals surface area contributed by atoms with Crippen LogP contribution >= 0.6 is 0 Å². The zero-order valence-corrected chi connectivity index (χ0v) is 17.6. The fraction of sp³-hybridized carbons (Fsp3) is 0.333. The van der Waals surface area contributed by atoms with Gasteiger partial charge in [-0.2, -0.15) is 0 Å². The van der Waals surface area contributed by atoms with Gasteiger partial charge in [0.1, 0.15) is 5.52 Å². The van der Waals surface area contributed by atoms with E-state index in [0.717, 1.165) is 32.7 Å². The van der Waals surface area contributed by atoms with E-state index in [1.165, 1.54) is 10.2 Å². The standard InChI is InChI=1S/C24H27N5O2/c30-23(13-7-15-29-24(31)21-11-4-5-12-22(21)25-26-29)28-18-16-27(17-19-28)14-6-10-20-8-2-1-3-9-20/h1-6,8-12H,7,13-19H2. The highest BCUT2D eigenvalue weighted by molar-refractivity contribution is 5.77. The lowest BCUT2D eigenvalue weighted by atomic mass is 10.2. The summed E-state index contributed by atoms with van der Waals surface area (Å²) in [4.78, 5) is 29.3. The molecule has 0 aliphatic carbocycles. The van der Waals surface area contributed by atoms with E-state index in [1.807, 2.05) is 35.2 Å². The summed E-state index contributed by atoms with van der Waals surface area (Å²) < 4.78 is 1.35. The lowest BCUT2D eigenvalue weighted by Gasteiger charge is -2.34. The minimum Gasteiger partial charge on any atom is -0.340 e. The van der Waals surface area contributed by atoms with Gasteiger partial charge >= 0.3 is 0 Å². The van der Waals surface area contributed by atoms with Crippen molar-refractivity contribution in [3.63, 3.8) is 0 Å². The maximum Gasteiger partial charge on any atom is 0.277 e. The molecule has 1 aliphatic heterocycles. The topological polar surface area (TPSA) is 71.3 Å². The number of hydrogen-bond acceptors (Lipinski definition) is 5. The maximum absolute atomic E-state index is 12.6. The van der Waals surface area contributed by atoms with E-state index in [1.54, 1.807) is 12.1 Å². The highest BCUT2D eigenvalue weighted by atomic mass is 16.2. The predicted molar refractivity (Wildman–Crippen MR) is 122 cm³/mol. The zero-order chi connectivity index (χ0) is 21.5. The van der Waals surface area contributed by atoms with Crippen LogP contribution in [0.15, 0.2) is 65.5 Å². The van der Waals surface area contributed by atoms with Crippen LogP contribution in [0.5, 0.6) is 0 Å². The molecule has 31 heavy (non-hydrogen) atoms. The van der Waals surface area contributed by atoms with Crippen molar-refractivity contribution in [2.24, 2.45) is 0 Å². The van der Waals surface area contributed by atoms with Crippen LogP contribution in [0, 0.1) is 0 Å². The number of amides is 1. The quantitative estimate of drug-likeness (QED) is 0.591. The molecule has 1 aliphatic rings. The molecule has 0 atom stereocenters. The first-order chi connectivity index (χ1) is 15.2. The summed E-state index contributed by atoms with van der Waals surface area (Å²) >= 11 is 0. The third kappa shape index (κ3) is 5.44. The minimum absolute atomic E-state index is 0.140. The van der Waals surface area contributed by atoms with E-state index in [2.05, 4.69) is 39.5 Å². The second-order valence-electron chi connectivity index (χ2n) is 7.73. The van der Waals surface area contributed by atoms with Crippen LogP contribution in [0.2, 0.25) is 0 Å². The van der Waals surface area contributed by atoms with E-state index >= 15 is 0 Å². The van der Waals surface area contributed by atoms with Gasteiger partial charge in [-0.3, -0.25) is 14.5 Å². The third-order valence-corrected chi connectivity index (χ3v) is 5.59. The van der Waals surface area contributed by atoms with Crippen LogP contribution in [0.25, 0.3) is 17.0 Å². The second-order valence-corrected chi connectivity index (χ2v) is 7.73. The molecule has 3 aromatic rings. The minimum atomic E-state index is -0.157. The molecule has 0 radical (unpaired) electrons. The summed E-state index contributed by atoms with van der Waals surface area (Å²) in [6, 6.07) is 17.4. The molecule has 2 heterocycles. The van der Waals surface area contributed by atoms with E-state index in [9.17, 15) is 9.59 Å². The molecule has 0 bridgehead atoms. The number of aryl methyl sites for hydroxylation is 1. The molecule has 7 heteroatoms. The van der Waals surface area contributed by atoms with E-state index in [-0.39, 0.29) is 11.5 Å². The third-order valence-electron chi connectivity index (χ3n) is 5.59. The first-order valence-electron chi connectivity index (χ1n) is 10.7. The van der Waals surface area contributed by atoms with Gasteiger partial charge in [0, 0.05) is 45.7 Å². The van der Waals surface area contributed by atoms with Crippen molar-refractivity contribution in [2.75, 3.05) is 32.7 Å². The van der Waals surface area contributed by atoms with Gasteiger partial charge in [-0.1, -0.05) is 59.8 Å². The maximum atomic E-state index is 12.6. The van der Waals surface area contributed by atoms with E-state index in [4.69, 9.17) is 0 Å². The number of fused-ring (bicyclic) bond motifs is 1. The van der Waals surface area contributed by atoms with Crippen molar-refractivity contribution in [2.45, 2.75) is 19.4 Å². The van der Waals surface area contributed by atoms with Crippen LogP contribution < -0.4 is 5.56 Å². The van der Waals surface area contributed by atoms with Crippen LogP contribution in [-0.2, 0) is 11.3 Å². The molecule has 1 amide bonds. The van der Waals surface area contributed by atoms with Crippen molar-refractivity contribution >= 4 is 22.9 Å². The van der Waals surface area contributed by atoms with Gasteiger partial charge in [-0.25, -0.2) is 4.68 Å². The van der Waals surface area contributed by atoms with E-state index < -0.39 is 0 Å². The number of rotatable bonds is 7. The Morgan fingerprint density at radius 2 is 1.71 bits per heavy atom. The average Bonchev–Trinajstić information content (AvgIpc) is 2.82. The van der Waals surface area contributed by atoms with E-state index in [0.29, 0.717) is 30.3 Å². The van der Waals surface area contributed by atoms with Crippen LogP contribution in [0.1, 0.15) is 18.4 Å². The molecule has 0 N–H and O–H groups in total. The molecule has 2 aromatic carbocycles. The Labute approximate surface area is 181 Å². The normalized spacial score (nSPS) is 15.0. The molecule has 1 aromatic heterocycles. The Hall–Kier alpha value is -3.32. The van der Waals surface area contributed by atoms with Crippen molar-refractivity contribution in [1.82, 2.24) is 24.8 Å². The summed E-state index contributed by atoms with van der Waals surface area (Å²) in [5.41, 5.74) is 1.64. The van der Waals surface area contributed by atoms with Gasteiger partial charge < -0.3 is 4.90 Å². The zero-order valence-electron chi connectivity index (χ0n) is 17.6. The summed E-state index contributed by atoms with van der Waals surface area (Å²) in [6.45, 7) is 4.52. The average molecular weight is 418 g/mol. The van der Waals surface area contributed by atoms with Gasteiger partial charge in [-0.15, -0.1) is 5.10 Å². The highest BCUT2D eigenvalue weighted by Crippen LogP contribution is 2.08. The molecule has 1 saturated heterocycles. The number of aromatic nitrogens is 3. The van der Waals surface area contributed by atoms with Crippen molar-refractivity contribution in [3.05, 3.63) is 76.6 Å². The van der Waals surface area contributed by atoms with Crippen LogP contribution in [0.3, 0.4) is 0 Å². The Morgan fingerprint density at radius 3 is 2.52 bits per heavy atom. The largest absolute Gasteiger partial charge is 0.340 e. The predicted octanol–water partition coefficient (Wildman–Crippen LogP) is 2.43. The smallest absolute Gasteiger partial charge is 0.277 e. The molecule has 0 saturated carbocycles. The molecule has 1 fully saturated rings. The fourth-order valence-corrected chi connectivity index (χ4v) is 3.79. The molecule has 4 rings (SSSR count). The van der Waals surface area contributed by atoms with Gasteiger partial charge in [0.15, 0.2) is 0 Å². The number of nitrogens with zero attached hydrogens (tertiary/aromatic N) is 5. The van der Waals surface area contributed by atoms with Crippen molar-refractivity contribution in [1.29, 1.82) is 0 Å². The van der Waals surface area contributed by atoms with Gasteiger partial charge in [0.05, 0.1) is 5.39 Å². The first kappa shape index (κ1) is 20.9. The number of benzene rings is 2. The molecule has 7 nitrogen and oxygen atoms in total. The van der Waals surface area contributed by atoms with Crippen molar-refractivity contribution in [3.8, 4) is 0 Å². The summed E-state index contributed by atoms with van der Waals surface area (Å²) in [5, 5.41) is 8.64. The molecule has 0 unspecified atom stereocenters. The lowest BCUT2D eigenvalue weighted by Crippen LogP contribution is -2.48. The van der Waals surface area contributed by atoms with Gasteiger partial charge in [0.2, 0.25) is 5.91 Å². The summed E-state index contributed by atoms with van der Waals surface area (Å²) in [6.07, 6.45) is 5.30. The summed E-state index contributed by atoms with van der Waals surface area (Å²) in [5.74, 6) is 0.140. The Kier molecular flexibility index (Phi) is 6.84. The first-order valence-corrected chi connectivity index (χ1v) is 10.7. The Morgan fingerprint density at radius 1 is 0.968 bits per heavy atom. The van der Waals surface area contributed by atoms with Crippen LogP contribution in [0.4, 0.5) is 0 Å². The molecular weight excluding hydrogens is 390 g/mol. The summed E-state index contributed by atoms with van der Waals surface area (Å²) in [7, 11) is 0. The number of carbonyl (C=O) groups excluding carboxylic acids is 1. The SMILES string of the molecule is O=C(CCCn1nnc2ccccc2c1=O)N1CCN(CC=Cc2ccccc2)CC1. The fourth-order valence-electron chi connectivity index (χ4n) is 3.79. The Bertz CT molecular complexity index is 1100. The lowest BCUT2D eigenvalue weighted by molar-refractivity contribution is -0.133. The van der Waals surface area contributed by atoms with Gasteiger partial charge in [0.25, 0.3) is 5.56 Å². The number of piperazine rings is 1. The Balaban J connectivity index is 1.20. The molecule has 0 spiro atoms. The molecule has 160 valence electrons. The number of carbonyl (C=O) groups is 1. The van der Waals surface area contributed by atoms with Crippen LogP contribution in [-0.4, -0.2) is 63.4 Å². The highest BCUT2D eigenvalue weighted by Gasteiger charge is 2.20. The molecular formula is C24H27N5O2. The monoisotopic (exact) mass is 417 g/mol. The second kappa shape index (κ2) is 10.1. The van der Waals surface area contributed by atoms with Gasteiger partial charge in [-0.05, 0) is 24.1 Å².